The van der Waals surface area contributed by atoms with Gasteiger partial charge in [0.25, 0.3) is 0 Å². The number of anilines is 1. The molecule has 0 aliphatic carbocycles. The van der Waals surface area contributed by atoms with E-state index in [1.807, 2.05) is 42.3 Å². The SMILES string of the molecule is CN(CC1CCN(C(=O)Nc2ccccc2)CC1)C(=O)NC[C@@H]1CCCO1. The van der Waals surface area contributed by atoms with E-state index in [-0.39, 0.29) is 18.2 Å². The number of nitrogens with zero attached hydrogens (tertiary/aromatic N) is 2. The molecule has 2 N–H and O–H groups in total. The standard InChI is InChI=1S/C20H30N4O3/c1-23(19(25)21-14-18-8-5-13-27-18)15-16-9-11-24(12-10-16)20(26)22-17-6-3-2-4-7-17/h2-4,6-7,16,18H,5,8-15H2,1H3,(H,21,25)(H,22,26)/t18-/m0/s1. The predicted octanol–water partition coefficient (Wildman–Crippen LogP) is 2.75. The fraction of sp³-hybridized carbons (Fsp3) is 0.600. The van der Waals surface area contributed by atoms with Gasteiger partial charge < -0.3 is 25.2 Å². The number of para-hydroxylation sites is 1. The number of likely N-dealkylation sites (tertiary alicyclic amines) is 1. The van der Waals surface area contributed by atoms with E-state index < -0.39 is 0 Å². The molecule has 27 heavy (non-hydrogen) atoms. The third-order valence-corrected chi connectivity index (χ3v) is 5.31. The second-order valence-electron chi connectivity index (χ2n) is 7.43. The normalized spacial score (nSPS) is 20.3. The van der Waals surface area contributed by atoms with Crippen molar-refractivity contribution in [1.82, 2.24) is 15.1 Å². The van der Waals surface area contributed by atoms with Crippen LogP contribution in [0.15, 0.2) is 30.3 Å². The van der Waals surface area contributed by atoms with Crippen LogP contribution in [-0.4, -0.2) is 67.8 Å². The van der Waals surface area contributed by atoms with Gasteiger partial charge in [0.1, 0.15) is 0 Å². The number of ether oxygens (including phenoxy) is 1. The van der Waals surface area contributed by atoms with Crippen LogP contribution in [0.4, 0.5) is 15.3 Å². The Bertz CT molecular complexity index is 611. The second-order valence-corrected chi connectivity index (χ2v) is 7.43. The summed E-state index contributed by atoms with van der Waals surface area (Å²) in [5, 5.41) is 5.89. The van der Waals surface area contributed by atoms with Crippen molar-refractivity contribution in [2.45, 2.75) is 31.8 Å². The first kappa shape index (κ1) is 19.5. The zero-order chi connectivity index (χ0) is 19.1. The van der Waals surface area contributed by atoms with Crippen molar-refractivity contribution in [2.24, 2.45) is 5.92 Å². The van der Waals surface area contributed by atoms with Crippen LogP contribution in [-0.2, 0) is 4.74 Å². The fourth-order valence-corrected chi connectivity index (χ4v) is 3.65. The van der Waals surface area contributed by atoms with Crippen LogP contribution in [0.1, 0.15) is 25.7 Å². The lowest BCUT2D eigenvalue weighted by atomic mass is 9.96. The molecule has 2 aliphatic heterocycles. The van der Waals surface area contributed by atoms with Gasteiger partial charge in [0.05, 0.1) is 6.10 Å². The van der Waals surface area contributed by atoms with Gasteiger partial charge in [-0.3, -0.25) is 0 Å². The summed E-state index contributed by atoms with van der Waals surface area (Å²) in [6.45, 7) is 3.53. The van der Waals surface area contributed by atoms with Gasteiger partial charge in [-0.1, -0.05) is 18.2 Å². The minimum atomic E-state index is -0.0534. The first-order valence-corrected chi connectivity index (χ1v) is 9.83. The third-order valence-electron chi connectivity index (χ3n) is 5.31. The molecule has 2 heterocycles. The maximum Gasteiger partial charge on any atom is 0.321 e. The molecule has 1 aromatic rings. The predicted molar refractivity (Wildman–Crippen MR) is 105 cm³/mol. The van der Waals surface area contributed by atoms with Gasteiger partial charge >= 0.3 is 12.1 Å². The maximum absolute atomic E-state index is 12.3. The molecule has 1 atom stereocenters. The van der Waals surface area contributed by atoms with Crippen LogP contribution >= 0.6 is 0 Å². The number of hydrogen-bond donors (Lipinski definition) is 2. The topological polar surface area (TPSA) is 73.9 Å². The van der Waals surface area contributed by atoms with E-state index in [9.17, 15) is 9.59 Å². The molecule has 2 fully saturated rings. The number of benzene rings is 1. The molecule has 2 aliphatic rings. The molecule has 7 heteroatoms. The molecule has 148 valence electrons. The minimum absolute atomic E-state index is 0.0465. The Kier molecular flexibility index (Phi) is 6.92. The van der Waals surface area contributed by atoms with Crippen LogP contribution < -0.4 is 10.6 Å². The smallest absolute Gasteiger partial charge is 0.321 e. The van der Waals surface area contributed by atoms with E-state index in [1.165, 1.54) is 0 Å². The van der Waals surface area contributed by atoms with Gasteiger partial charge in [-0.25, -0.2) is 9.59 Å². The Morgan fingerprint density at radius 3 is 2.59 bits per heavy atom. The van der Waals surface area contributed by atoms with Crippen LogP contribution in [0, 0.1) is 5.92 Å². The molecule has 0 aromatic heterocycles. The molecule has 0 spiro atoms. The molecule has 7 nitrogen and oxygen atoms in total. The molecule has 3 rings (SSSR count). The van der Waals surface area contributed by atoms with Crippen molar-refractivity contribution < 1.29 is 14.3 Å². The molecule has 0 saturated carbocycles. The fourth-order valence-electron chi connectivity index (χ4n) is 3.65. The number of urea groups is 2. The van der Waals surface area contributed by atoms with Crippen molar-refractivity contribution in [1.29, 1.82) is 0 Å². The van der Waals surface area contributed by atoms with E-state index in [0.717, 1.165) is 38.0 Å². The van der Waals surface area contributed by atoms with Gasteiger partial charge in [0.2, 0.25) is 0 Å². The zero-order valence-electron chi connectivity index (χ0n) is 16.0. The summed E-state index contributed by atoms with van der Waals surface area (Å²) in [6, 6.07) is 9.40. The van der Waals surface area contributed by atoms with Crippen molar-refractivity contribution in [2.75, 3.05) is 45.2 Å². The van der Waals surface area contributed by atoms with E-state index in [1.54, 1.807) is 4.90 Å². The number of nitrogens with one attached hydrogen (secondary N) is 2. The minimum Gasteiger partial charge on any atom is -0.376 e. The number of piperidine rings is 1. The van der Waals surface area contributed by atoms with E-state index >= 15 is 0 Å². The first-order chi connectivity index (χ1) is 13.1. The van der Waals surface area contributed by atoms with E-state index in [4.69, 9.17) is 4.74 Å². The average molecular weight is 374 g/mol. The van der Waals surface area contributed by atoms with Crippen molar-refractivity contribution in [3.8, 4) is 0 Å². The largest absolute Gasteiger partial charge is 0.376 e. The molecule has 2 saturated heterocycles. The van der Waals surface area contributed by atoms with Crippen LogP contribution in [0.5, 0.6) is 0 Å². The lowest BCUT2D eigenvalue weighted by molar-refractivity contribution is 0.108. The van der Waals surface area contributed by atoms with Gasteiger partial charge in [-0.05, 0) is 43.7 Å². The summed E-state index contributed by atoms with van der Waals surface area (Å²) in [6.07, 6.45) is 4.07. The lowest BCUT2D eigenvalue weighted by Gasteiger charge is -2.34. The first-order valence-electron chi connectivity index (χ1n) is 9.83. The lowest BCUT2D eigenvalue weighted by Crippen LogP contribution is -2.46. The summed E-state index contributed by atoms with van der Waals surface area (Å²) >= 11 is 0. The Hall–Kier alpha value is -2.28. The highest BCUT2D eigenvalue weighted by molar-refractivity contribution is 5.89. The molecular formula is C20H30N4O3. The number of amides is 4. The van der Waals surface area contributed by atoms with Crippen LogP contribution in [0.2, 0.25) is 0 Å². The maximum atomic E-state index is 12.3. The molecular weight excluding hydrogens is 344 g/mol. The monoisotopic (exact) mass is 374 g/mol. The Balaban J connectivity index is 1.35. The van der Waals surface area contributed by atoms with Gasteiger partial charge in [-0.2, -0.15) is 0 Å². The number of hydrogen-bond acceptors (Lipinski definition) is 3. The summed E-state index contributed by atoms with van der Waals surface area (Å²) in [7, 11) is 1.83. The molecule has 0 unspecified atom stereocenters. The molecule has 0 radical (unpaired) electrons. The molecule has 1 aromatic carbocycles. The van der Waals surface area contributed by atoms with Crippen molar-refractivity contribution in [3.05, 3.63) is 30.3 Å². The Morgan fingerprint density at radius 2 is 1.93 bits per heavy atom. The van der Waals surface area contributed by atoms with E-state index in [2.05, 4.69) is 10.6 Å². The summed E-state index contributed by atoms with van der Waals surface area (Å²) in [5.41, 5.74) is 0.812. The highest BCUT2D eigenvalue weighted by Crippen LogP contribution is 2.19. The van der Waals surface area contributed by atoms with E-state index in [0.29, 0.717) is 32.1 Å². The number of carbonyl (C=O) groups excluding carboxylic acids is 2. The highest BCUT2D eigenvalue weighted by Gasteiger charge is 2.25. The van der Waals surface area contributed by atoms with Crippen LogP contribution in [0.25, 0.3) is 0 Å². The van der Waals surface area contributed by atoms with Crippen molar-refractivity contribution in [3.63, 3.8) is 0 Å². The number of rotatable bonds is 5. The molecule has 4 amide bonds. The summed E-state index contributed by atoms with van der Waals surface area (Å²) in [4.78, 5) is 28.2. The summed E-state index contributed by atoms with van der Waals surface area (Å²) in [5.74, 6) is 0.421. The van der Waals surface area contributed by atoms with Crippen LogP contribution in [0.3, 0.4) is 0 Å². The van der Waals surface area contributed by atoms with Gasteiger partial charge in [0, 0.05) is 45.5 Å². The quantitative estimate of drug-likeness (QED) is 0.832. The highest BCUT2D eigenvalue weighted by atomic mass is 16.5. The zero-order valence-corrected chi connectivity index (χ0v) is 16.0. The van der Waals surface area contributed by atoms with Gasteiger partial charge in [-0.15, -0.1) is 0 Å². The summed E-state index contributed by atoms with van der Waals surface area (Å²) < 4.78 is 5.53. The Morgan fingerprint density at radius 1 is 1.19 bits per heavy atom. The van der Waals surface area contributed by atoms with Gasteiger partial charge in [0.15, 0.2) is 0 Å². The average Bonchev–Trinajstić information content (AvgIpc) is 3.21. The number of carbonyl (C=O) groups is 2. The van der Waals surface area contributed by atoms with Crippen molar-refractivity contribution >= 4 is 17.7 Å². The Labute approximate surface area is 161 Å². The second kappa shape index (κ2) is 9.60. The third kappa shape index (κ3) is 5.85. The molecule has 0 bridgehead atoms.